The molecule has 30 heavy (non-hydrogen) atoms. The van der Waals surface area contributed by atoms with Crippen molar-refractivity contribution in [1.29, 1.82) is 0 Å². The molecule has 4 rings (SSSR count). The number of carbonyl (C=O) groups is 2. The van der Waals surface area contributed by atoms with Crippen LogP contribution in [0.5, 0.6) is 0 Å². The van der Waals surface area contributed by atoms with Gasteiger partial charge in [-0.15, -0.1) is 0 Å². The third kappa shape index (κ3) is 3.73. The van der Waals surface area contributed by atoms with Gasteiger partial charge in [-0.05, 0) is 48.4 Å². The Labute approximate surface area is 183 Å². The zero-order chi connectivity index (χ0) is 21.6. The summed E-state index contributed by atoms with van der Waals surface area (Å²) in [6.45, 7) is 0. The molecule has 2 atom stereocenters. The van der Waals surface area contributed by atoms with Gasteiger partial charge in [0, 0.05) is 21.7 Å². The zero-order valence-electron chi connectivity index (χ0n) is 15.6. The number of rotatable bonds is 3. The van der Waals surface area contributed by atoms with Crippen LogP contribution >= 0.6 is 23.2 Å². The normalized spacial score (nSPS) is 25.1. The van der Waals surface area contributed by atoms with Crippen LogP contribution in [0.2, 0.25) is 10.0 Å². The number of likely N-dealkylation sites (tertiary alicyclic amines) is 1. The predicted octanol–water partition coefficient (Wildman–Crippen LogP) is 3.60. The molecule has 6 nitrogen and oxygen atoms in total. The molecular weight excluding hydrogens is 449 g/mol. The number of halogens is 2. The van der Waals surface area contributed by atoms with Gasteiger partial charge in [0.25, 0.3) is 11.7 Å². The number of nitrogens with zero attached hydrogens (tertiary/aromatic N) is 1. The van der Waals surface area contributed by atoms with Gasteiger partial charge in [0.05, 0.1) is 23.1 Å². The molecule has 2 fully saturated rings. The zero-order valence-corrected chi connectivity index (χ0v) is 17.9. The van der Waals surface area contributed by atoms with Gasteiger partial charge in [0.15, 0.2) is 9.84 Å². The summed E-state index contributed by atoms with van der Waals surface area (Å²) in [7, 11) is -3.30. The molecular formula is C21H17Cl2NO5S. The average Bonchev–Trinajstić information content (AvgIpc) is 3.19. The molecule has 0 unspecified atom stereocenters. The quantitative estimate of drug-likeness (QED) is 0.424. The van der Waals surface area contributed by atoms with Crippen molar-refractivity contribution in [3.05, 3.63) is 75.3 Å². The molecule has 2 heterocycles. The molecule has 2 aromatic carbocycles. The van der Waals surface area contributed by atoms with E-state index >= 15 is 0 Å². The van der Waals surface area contributed by atoms with Crippen LogP contribution in [0.4, 0.5) is 0 Å². The lowest BCUT2D eigenvalue weighted by atomic mass is 9.95. The van der Waals surface area contributed by atoms with E-state index in [0.29, 0.717) is 21.2 Å². The summed E-state index contributed by atoms with van der Waals surface area (Å²) < 4.78 is 24.1. The van der Waals surface area contributed by atoms with Crippen LogP contribution in [0.15, 0.2) is 54.1 Å². The topological polar surface area (TPSA) is 91.8 Å². The van der Waals surface area contributed by atoms with Crippen LogP contribution in [0.3, 0.4) is 0 Å². The number of sulfone groups is 1. The number of carbonyl (C=O) groups excluding carboxylic acids is 2. The minimum absolute atomic E-state index is 0.0504. The second-order valence-electron chi connectivity index (χ2n) is 7.32. The Balaban J connectivity index is 1.88. The van der Waals surface area contributed by atoms with E-state index in [9.17, 15) is 23.1 Å². The van der Waals surface area contributed by atoms with Crippen molar-refractivity contribution in [3.63, 3.8) is 0 Å². The summed E-state index contributed by atoms with van der Waals surface area (Å²) in [5, 5.41) is 11.9. The van der Waals surface area contributed by atoms with E-state index < -0.39 is 33.6 Å². The minimum atomic E-state index is -3.30. The van der Waals surface area contributed by atoms with Crippen LogP contribution in [-0.2, 0) is 19.4 Å². The summed E-state index contributed by atoms with van der Waals surface area (Å²) >= 11 is 11.9. The van der Waals surface area contributed by atoms with E-state index in [-0.39, 0.29) is 29.3 Å². The van der Waals surface area contributed by atoms with E-state index in [0.717, 1.165) is 0 Å². The number of hydrogen-bond donors (Lipinski definition) is 1. The van der Waals surface area contributed by atoms with E-state index in [1.807, 2.05) is 0 Å². The van der Waals surface area contributed by atoms with Crippen molar-refractivity contribution in [1.82, 2.24) is 4.90 Å². The van der Waals surface area contributed by atoms with E-state index in [1.54, 1.807) is 48.5 Å². The summed E-state index contributed by atoms with van der Waals surface area (Å²) in [5.41, 5.74) is 0.794. The maximum Gasteiger partial charge on any atom is 0.295 e. The van der Waals surface area contributed by atoms with E-state index in [2.05, 4.69) is 0 Å². The van der Waals surface area contributed by atoms with Crippen molar-refractivity contribution < 1.29 is 23.1 Å². The van der Waals surface area contributed by atoms with Gasteiger partial charge in [-0.25, -0.2) is 8.42 Å². The van der Waals surface area contributed by atoms with Crippen LogP contribution in [0, 0.1) is 0 Å². The first kappa shape index (κ1) is 20.9. The highest BCUT2D eigenvalue weighted by Gasteiger charge is 2.50. The second-order valence-corrected chi connectivity index (χ2v) is 10.4. The molecule has 0 saturated carbocycles. The number of ketones is 1. The van der Waals surface area contributed by atoms with Crippen molar-refractivity contribution in [2.75, 3.05) is 11.5 Å². The fourth-order valence-corrected chi connectivity index (χ4v) is 5.92. The van der Waals surface area contributed by atoms with Gasteiger partial charge >= 0.3 is 0 Å². The average molecular weight is 466 g/mol. The summed E-state index contributed by atoms with van der Waals surface area (Å²) in [6.07, 6.45) is 0.237. The summed E-state index contributed by atoms with van der Waals surface area (Å²) in [4.78, 5) is 27.2. The van der Waals surface area contributed by atoms with Gasteiger partial charge < -0.3 is 10.0 Å². The van der Waals surface area contributed by atoms with E-state index in [4.69, 9.17) is 23.2 Å². The number of amides is 1. The molecule has 1 N–H and O–H groups in total. The minimum Gasteiger partial charge on any atom is -0.507 e. The lowest BCUT2D eigenvalue weighted by molar-refractivity contribution is -0.141. The molecule has 0 bridgehead atoms. The van der Waals surface area contributed by atoms with Gasteiger partial charge in [0.1, 0.15) is 5.76 Å². The van der Waals surface area contributed by atoms with Crippen molar-refractivity contribution in [2.45, 2.75) is 18.5 Å². The molecule has 2 saturated heterocycles. The number of aliphatic hydroxyl groups is 1. The third-order valence-corrected chi connectivity index (χ3v) is 7.64. The lowest BCUT2D eigenvalue weighted by Gasteiger charge is -2.30. The van der Waals surface area contributed by atoms with Crippen LogP contribution in [0.1, 0.15) is 23.6 Å². The van der Waals surface area contributed by atoms with Gasteiger partial charge in [-0.1, -0.05) is 35.3 Å². The van der Waals surface area contributed by atoms with Crippen molar-refractivity contribution in [3.8, 4) is 0 Å². The Kier molecular flexibility index (Phi) is 5.38. The number of benzene rings is 2. The molecule has 9 heteroatoms. The maximum atomic E-state index is 13.0. The fraction of sp³-hybridized carbons (Fsp3) is 0.238. The molecule has 0 aromatic heterocycles. The molecule has 1 amide bonds. The van der Waals surface area contributed by atoms with Crippen LogP contribution < -0.4 is 0 Å². The summed E-state index contributed by atoms with van der Waals surface area (Å²) in [6, 6.07) is 11.2. The van der Waals surface area contributed by atoms with Gasteiger partial charge in [0.2, 0.25) is 0 Å². The van der Waals surface area contributed by atoms with Gasteiger partial charge in [-0.2, -0.15) is 0 Å². The van der Waals surface area contributed by atoms with Crippen molar-refractivity contribution in [2.24, 2.45) is 0 Å². The highest BCUT2D eigenvalue weighted by Crippen LogP contribution is 2.42. The number of Topliss-reactive ketones (excluding diaryl/α,β-unsaturated/α-hetero) is 1. The van der Waals surface area contributed by atoms with Crippen LogP contribution in [0.25, 0.3) is 5.76 Å². The van der Waals surface area contributed by atoms with Gasteiger partial charge in [-0.3, -0.25) is 9.59 Å². The maximum absolute atomic E-state index is 13.0. The molecule has 2 aliphatic heterocycles. The SMILES string of the molecule is O=C1C(=O)N([C@H]2CCS(=O)(=O)C2)[C@H](c2ccc(Cl)cc2)/C1=C(\O)c1ccc(Cl)cc1. The Bertz CT molecular complexity index is 1160. The first-order chi connectivity index (χ1) is 14.2. The Morgan fingerprint density at radius 2 is 1.53 bits per heavy atom. The fourth-order valence-electron chi connectivity index (χ4n) is 3.96. The first-order valence-electron chi connectivity index (χ1n) is 9.20. The predicted molar refractivity (Wildman–Crippen MR) is 114 cm³/mol. The molecule has 2 aromatic rings. The third-order valence-electron chi connectivity index (χ3n) is 5.39. The Morgan fingerprint density at radius 1 is 0.967 bits per heavy atom. The van der Waals surface area contributed by atoms with Crippen molar-refractivity contribution >= 4 is 50.5 Å². The molecule has 156 valence electrons. The highest BCUT2D eigenvalue weighted by molar-refractivity contribution is 7.91. The van der Waals surface area contributed by atoms with Crippen LogP contribution in [-0.4, -0.2) is 47.7 Å². The number of hydrogen-bond acceptors (Lipinski definition) is 5. The number of aliphatic hydroxyl groups excluding tert-OH is 1. The molecule has 0 radical (unpaired) electrons. The summed E-state index contributed by atoms with van der Waals surface area (Å²) in [5.74, 6) is -2.29. The molecule has 2 aliphatic rings. The molecule has 0 aliphatic carbocycles. The smallest absolute Gasteiger partial charge is 0.295 e. The van der Waals surface area contributed by atoms with E-state index in [1.165, 1.54) is 4.90 Å². The second kappa shape index (κ2) is 7.72. The standard InChI is InChI=1S/C21H17Cl2NO5S/c22-14-5-1-12(2-6-14)18-17(19(25)13-3-7-15(23)8-4-13)20(26)21(27)24(18)16-9-10-30(28,29)11-16/h1-8,16,18,25H,9-11H2/b19-17+/t16-,18+/m0/s1. The lowest BCUT2D eigenvalue weighted by Crippen LogP contribution is -2.40. The Hall–Kier alpha value is -2.35. The Morgan fingerprint density at radius 3 is 2.07 bits per heavy atom. The highest BCUT2D eigenvalue weighted by atomic mass is 35.5. The largest absolute Gasteiger partial charge is 0.507 e. The molecule has 0 spiro atoms. The first-order valence-corrected chi connectivity index (χ1v) is 11.8. The monoisotopic (exact) mass is 465 g/mol.